The minimum Gasteiger partial charge on any atom is -0.460 e. The number of piperidine rings is 3. The van der Waals surface area contributed by atoms with E-state index in [1.807, 2.05) is 45.1 Å². The molecule has 1 aromatic rings. The second-order valence-corrected chi connectivity index (χ2v) is 11.6. The third-order valence-corrected chi connectivity index (χ3v) is 7.79. The maximum absolute atomic E-state index is 13.8. The summed E-state index contributed by atoms with van der Waals surface area (Å²) in [7, 11) is 1.73. The summed E-state index contributed by atoms with van der Waals surface area (Å²) in [6.07, 6.45) is 10.9. The normalized spacial score (nSPS) is 25.9. The first-order valence-corrected chi connectivity index (χ1v) is 13.3. The van der Waals surface area contributed by atoms with Gasteiger partial charge in [0.2, 0.25) is 0 Å². The lowest BCUT2D eigenvalue weighted by Gasteiger charge is -2.45. The van der Waals surface area contributed by atoms with Crippen molar-refractivity contribution >= 4 is 18.1 Å². The van der Waals surface area contributed by atoms with Gasteiger partial charge >= 0.3 is 12.1 Å². The van der Waals surface area contributed by atoms with Crippen LogP contribution in [0.15, 0.2) is 30.3 Å². The first-order valence-electron chi connectivity index (χ1n) is 13.3. The van der Waals surface area contributed by atoms with E-state index in [0.717, 1.165) is 69.3 Å². The summed E-state index contributed by atoms with van der Waals surface area (Å²) in [5.74, 6) is 0.488. The van der Waals surface area contributed by atoms with Crippen LogP contribution in [0.5, 0.6) is 0 Å². The molecule has 1 saturated carbocycles. The smallest absolute Gasteiger partial charge is 0.410 e. The summed E-state index contributed by atoms with van der Waals surface area (Å²) in [4.78, 5) is 29.9. The standard InChI is InChI=1S/C29H42N2O4/c1-28(2,3)35-27(33)30(4)17-9-11-22-10-8-12-24(20-22)29(15-6-5-7-16-29)26(32)34-25-21-31-18-13-23(25)14-19-31/h8-12,20,23,25H,5-7,13-19,21H2,1-4H3/b11-9+/t25-/m0/s1. The van der Waals surface area contributed by atoms with Crippen molar-refractivity contribution in [1.29, 1.82) is 0 Å². The Morgan fingerprint density at radius 2 is 1.86 bits per heavy atom. The molecular formula is C29H42N2O4. The summed E-state index contributed by atoms with van der Waals surface area (Å²) < 4.78 is 11.7. The molecule has 3 saturated heterocycles. The summed E-state index contributed by atoms with van der Waals surface area (Å²) >= 11 is 0. The molecule has 0 aromatic heterocycles. The fourth-order valence-electron chi connectivity index (χ4n) is 5.76. The van der Waals surface area contributed by atoms with Crippen molar-refractivity contribution in [3.05, 3.63) is 41.5 Å². The van der Waals surface area contributed by atoms with E-state index in [1.165, 1.54) is 6.42 Å². The van der Waals surface area contributed by atoms with Crippen molar-refractivity contribution in [3.63, 3.8) is 0 Å². The van der Waals surface area contributed by atoms with Crippen molar-refractivity contribution < 1.29 is 19.1 Å². The number of ether oxygens (including phenoxy) is 2. The van der Waals surface area contributed by atoms with E-state index in [0.29, 0.717) is 12.5 Å². The van der Waals surface area contributed by atoms with Gasteiger partial charge in [-0.05, 0) is 76.6 Å². The molecule has 1 atom stereocenters. The number of amides is 1. The molecule has 4 aliphatic rings. The molecule has 3 aliphatic heterocycles. The molecule has 0 radical (unpaired) electrons. The number of rotatable bonds is 6. The van der Waals surface area contributed by atoms with Gasteiger partial charge in [-0.2, -0.15) is 0 Å². The molecule has 0 N–H and O–H groups in total. The van der Waals surface area contributed by atoms with Crippen molar-refractivity contribution in [3.8, 4) is 0 Å². The number of fused-ring (bicyclic) bond motifs is 3. The second-order valence-electron chi connectivity index (χ2n) is 11.6. The fourth-order valence-corrected chi connectivity index (χ4v) is 5.76. The summed E-state index contributed by atoms with van der Waals surface area (Å²) in [6, 6.07) is 8.30. The molecule has 1 amide bonds. The van der Waals surface area contributed by atoms with Gasteiger partial charge in [-0.15, -0.1) is 0 Å². The summed E-state index contributed by atoms with van der Waals surface area (Å²) in [6.45, 7) is 9.21. The lowest BCUT2D eigenvalue weighted by Crippen LogP contribution is -2.53. The van der Waals surface area contributed by atoms with Gasteiger partial charge in [-0.25, -0.2) is 4.79 Å². The van der Waals surface area contributed by atoms with Crippen LogP contribution in [-0.2, 0) is 19.7 Å². The zero-order chi connectivity index (χ0) is 25.1. The van der Waals surface area contributed by atoms with Crippen molar-refractivity contribution in [1.82, 2.24) is 9.80 Å². The molecule has 2 bridgehead atoms. The summed E-state index contributed by atoms with van der Waals surface area (Å²) in [5.41, 5.74) is 1.02. The summed E-state index contributed by atoms with van der Waals surface area (Å²) in [5, 5.41) is 0. The molecular weight excluding hydrogens is 440 g/mol. The molecule has 3 heterocycles. The molecule has 1 aliphatic carbocycles. The lowest BCUT2D eigenvalue weighted by molar-refractivity contribution is -0.167. The molecule has 6 nitrogen and oxygen atoms in total. The lowest BCUT2D eigenvalue weighted by atomic mass is 9.69. The van der Waals surface area contributed by atoms with Gasteiger partial charge < -0.3 is 14.4 Å². The minimum atomic E-state index is -0.554. The van der Waals surface area contributed by atoms with E-state index in [9.17, 15) is 9.59 Å². The molecule has 1 aromatic carbocycles. The highest BCUT2D eigenvalue weighted by molar-refractivity contribution is 5.84. The van der Waals surface area contributed by atoms with Crippen molar-refractivity contribution in [2.24, 2.45) is 5.92 Å². The van der Waals surface area contributed by atoms with Crippen LogP contribution in [0.3, 0.4) is 0 Å². The van der Waals surface area contributed by atoms with E-state index in [1.54, 1.807) is 11.9 Å². The van der Waals surface area contributed by atoms with Gasteiger partial charge in [0.05, 0.1) is 5.41 Å². The number of carbonyl (C=O) groups is 2. The Morgan fingerprint density at radius 1 is 1.14 bits per heavy atom. The number of likely N-dealkylation sites (N-methyl/N-ethyl adjacent to an activating group) is 1. The van der Waals surface area contributed by atoms with Gasteiger partial charge in [-0.3, -0.25) is 9.69 Å². The molecule has 0 unspecified atom stereocenters. The Balaban J connectivity index is 1.46. The van der Waals surface area contributed by atoms with E-state index in [2.05, 4.69) is 17.0 Å². The van der Waals surface area contributed by atoms with Gasteiger partial charge in [0.1, 0.15) is 11.7 Å². The average Bonchev–Trinajstić information content (AvgIpc) is 2.84. The number of benzene rings is 1. The van der Waals surface area contributed by atoms with Crippen LogP contribution in [-0.4, -0.2) is 66.8 Å². The Kier molecular flexibility index (Phi) is 7.89. The van der Waals surface area contributed by atoms with Crippen LogP contribution in [0, 0.1) is 5.92 Å². The van der Waals surface area contributed by atoms with Gasteiger partial charge in [0.15, 0.2) is 0 Å². The van der Waals surface area contributed by atoms with Crippen LogP contribution in [0.4, 0.5) is 4.79 Å². The second kappa shape index (κ2) is 10.7. The highest BCUT2D eigenvalue weighted by atomic mass is 16.6. The zero-order valence-corrected chi connectivity index (χ0v) is 21.9. The molecule has 5 rings (SSSR count). The first kappa shape index (κ1) is 25.7. The SMILES string of the molecule is CN(C/C=C/c1cccc(C2(C(=O)O[C@H]3CN4CCC3CC4)CCCCC2)c1)C(=O)OC(C)(C)C. The highest BCUT2D eigenvalue weighted by Crippen LogP contribution is 2.42. The molecule has 0 spiro atoms. The van der Waals surface area contributed by atoms with E-state index in [-0.39, 0.29) is 18.2 Å². The predicted molar refractivity (Wildman–Crippen MR) is 138 cm³/mol. The number of hydrogen-bond donors (Lipinski definition) is 0. The Bertz CT molecular complexity index is 921. The average molecular weight is 483 g/mol. The zero-order valence-electron chi connectivity index (χ0n) is 21.9. The Hall–Kier alpha value is -2.34. The minimum absolute atomic E-state index is 0.0262. The molecule has 192 valence electrons. The van der Waals surface area contributed by atoms with Crippen LogP contribution < -0.4 is 0 Å². The largest absolute Gasteiger partial charge is 0.460 e. The van der Waals surface area contributed by atoms with Gasteiger partial charge in [-0.1, -0.05) is 55.7 Å². The van der Waals surface area contributed by atoms with E-state index >= 15 is 0 Å². The van der Waals surface area contributed by atoms with Crippen molar-refractivity contribution in [2.45, 2.75) is 82.8 Å². The number of esters is 1. The molecule has 35 heavy (non-hydrogen) atoms. The topological polar surface area (TPSA) is 59.1 Å². The van der Waals surface area contributed by atoms with E-state index < -0.39 is 11.0 Å². The Morgan fingerprint density at radius 3 is 2.49 bits per heavy atom. The van der Waals surface area contributed by atoms with Gasteiger partial charge in [0, 0.05) is 20.1 Å². The predicted octanol–water partition coefficient (Wildman–Crippen LogP) is 5.41. The van der Waals surface area contributed by atoms with Crippen LogP contribution in [0.25, 0.3) is 6.08 Å². The number of carbonyl (C=O) groups excluding carboxylic acids is 2. The molecule has 4 fully saturated rings. The van der Waals surface area contributed by atoms with Crippen LogP contribution >= 0.6 is 0 Å². The number of nitrogens with zero attached hydrogens (tertiary/aromatic N) is 2. The Labute approximate surface area is 210 Å². The first-order chi connectivity index (χ1) is 16.7. The highest BCUT2D eigenvalue weighted by Gasteiger charge is 2.45. The van der Waals surface area contributed by atoms with Gasteiger partial charge in [0.25, 0.3) is 0 Å². The molecule has 6 heteroatoms. The third kappa shape index (κ3) is 6.27. The van der Waals surface area contributed by atoms with E-state index in [4.69, 9.17) is 9.47 Å². The van der Waals surface area contributed by atoms with Crippen LogP contribution in [0.2, 0.25) is 0 Å². The number of hydrogen-bond acceptors (Lipinski definition) is 5. The quantitative estimate of drug-likeness (QED) is 0.508. The third-order valence-electron chi connectivity index (χ3n) is 7.79. The monoisotopic (exact) mass is 482 g/mol. The maximum Gasteiger partial charge on any atom is 0.410 e. The maximum atomic E-state index is 13.8. The van der Waals surface area contributed by atoms with Crippen LogP contribution in [0.1, 0.15) is 76.8 Å². The fraction of sp³-hybridized carbons (Fsp3) is 0.655. The van der Waals surface area contributed by atoms with Crippen molar-refractivity contribution in [2.75, 3.05) is 33.2 Å².